The number of nitrogens with one attached hydrogen (secondary N) is 1. The quantitative estimate of drug-likeness (QED) is 0.551. The molecular weight excluding hydrogens is 352 g/mol. The normalized spacial score (nSPS) is 11.1. The zero-order chi connectivity index (χ0) is 17.2. The van der Waals surface area contributed by atoms with Crippen molar-refractivity contribution in [1.29, 1.82) is 0 Å². The number of rotatable bonds is 5. The predicted molar refractivity (Wildman–Crippen MR) is 102 cm³/mol. The molecule has 6 heteroatoms. The first-order valence-electron chi connectivity index (χ1n) is 7.92. The third-order valence-corrected chi connectivity index (χ3v) is 6.12. The molecule has 1 aromatic carbocycles. The third kappa shape index (κ3) is 3.36. The summed E-state index contributed by atoms with van der Waals surface area (Å²) in [5.41, 5.74) is 2.21. The van der Waals surface area contributed by atoms with Gasteiger partial charge in [-0.25, -0.2) is 4.98 Å². The van der Waals surface area contributed by atoms with Crippen molar-refractivity contribution in [2.24, 2.45) is 0 Å². The molecule has 4 rings (SSSR count). The summed E-state index contributed by atoms with van der Waals surface area (Å²) in [5, 5.41) is 6.98. The summed E-state index contributed by atoms with van der Waals surface area (Å²) in [7, 11) is 0. The maximum Gasteiger partial charge on any atom is 0.227 e. The van der Waals surface area contributed by atoms with E-state index in [1.165, 1.54) is 31.9 Å². The van der Waals surface area contributed by atoms with E-state index in [-0.39, 0.29) is 12.3 Å². The highest BCUT2D eigenvalue weighted by molar-refractivity contribution is 7.22. The van der Waals surface area contributed by atoms with Crippen molar-refractivity contribution in [3.63, 3.8) is 0 Å². The molecule has 0 saturated heterocycles. The number of nitrogens with zero attached hydrogens (tertiary/aromatic N) is 1. The van der Waals surface area contributed by atoms with Crippen molar-refractivity contribution in [3.05, 3.63) is 64.4 Å². The van der Waals surface area contributed by atoms with Crippen LogP contribution in [0.15, 0.2) is 52.5 Å². The summed E-state index contributed by atoms with van der Waals surface area (Å²) in [5.74, 6) is 0.694. The van der Waals surface area contributed by atoms with E-state index >= 15 is 0 Å². The molecule has 4 nitrogen and oxygen atoms in total. The molecule has 3 heterocycles. The summed E-state index contributed by atoms with van der Waals surface area (Å²) < 4.78 is 6.48. The lowest BCUT2D eigenvalue weighted by atomic mass is 10.1. The molecule has 0 aliphatic rings. The van der Waals surface area contributed by atoms with Gasteiger partial charge in [0.25, 0.3) is 0 Å². The number of hydrogen-bond acceptors (Lipinski definition) is 5. The number of aromatic nitrogens is 1. The molecule has 0 bridgehead atoms. The Morgan fingerprint density at radius 2 is 2.12 bits per heavy atom. The zero-order valence-corrected chi connectivity index (χ0v) is 15.2. The minimum atomic E-state index is -0.0506. The standard InChI is InChI=1S/C19H16N2O2S2/c1-12-14-6-2-3-7-16(14)25-19(12)15-11-24-18(21-15)9-17(22)20-10-13-5-4-8-23-13/h2-8,11H,9-10H2,1H3,(H,20,22). The average Bonchev–Trinajstić information content (AvgIpc) is 3.34. The number of carbonyl (C=O) groups excluding carboxylic acids is 1. The minimum absolute atomic E-state index is 0.0506. The van der Waals surface area contributed by atoms with Crippen LogP contribution in [0.1, 0.15) is 16.3 Å². The van der Waals surface area contributed by atoms with Crippen LogP contribution < -0.4 is 5.32 Å². The Morgan fingerprint density at radius 3 is 2.92 bits per heavy atom. The first-order valence-corrected chi connectivity index (χ1v) is 9.62. The Balaban J connectivity index is 1.47. The SMILES string of the molecule is Cc1c(-c2csc(CC(=O)NCc3ccco3)n2)sc2ccccc12. The fourth-order valence-corrected chi connectivity index (χ4v) is 4.74. The molecule has 0 unspecified atom stereocenters. The van der Waals surface area contributed by atoms with Crippen molar-refractivity contribution < 1.29 is 9.21 Å². The Morgan fingerprint density at radius 1 is 1.24 bits per heavy atom. The summed E-state index contributed by atoms with van der Waals surface area (Å²) in [6.45, 7) is 2.53. The number of carbonyl (C=O) groups is 1. The fourth-order valence-electron chi connectivity index (χ4n) is 2.71. The smallest absolute Gasteiger partial charge is 0.227 e. The summed E-state index contributed by atoms with van der Waals surface area (Å²) in [6, 6.07) is 12.0. The van der Waals surface area contributed by atoms with Gasteiger partial charge < -0.3 is 9.73 Å². The van der Waals surface area contributed by atoms with E-state index in [1.807, 2.05) is 17.5 Å². The molecule has 0 spiro atoms. The maximum atomic E-state index is 12.1. The second kappa shape index (κ2) is 6.82. The van der Waals surface area contributed by atoms with Crippen LogP contribution in [-0.2, 0) is 17.8 Å². The van der Waals surface area contributed by atoms with Crippen LogP contribution in [0.2, 0.25) is 0 Å². The van der Waals surface area contributed by atoms with Crippen molar-refractivity contribution in [2.75, 3.05) is 0 Å². The minimum Gasteiger partial charge on any atom is -0.467 e. The molecule has 0 saturated carbocycles. The maximum absolute atomic E-state index is 12.1. The topological polar surface area (TPSA) is 55.1 Å². The summed E-state index contributed by atoms with van der Waals surface area (Å²) in [4.78, 5) is 17.9. The van der Waals surface area contributed by atoms with E-state index in [4.69, 9.17) is 4.42 Å². The molecule has 0 aliphatic carbocycles. The Kier molecular flexibility index (Phi) is 4.38. The third-order valence-electron chi connectivity index (χ3n) is 3.98. The molecule has 126 valence electrons. The van der Waals surface area contributed by atoms with Gasteiger partial charge in [0.2, 0.25) is 5.91 Å². The molecule has 1 amide bonds. The molecule has 0 atom stereocenters. The highest BCUT2D eigenvalue weighted by Crippen LogP contribution is 2.38. The molecule has 4 aromatic rings. The summed E-state index contributed by atoms with van der Waals surface area (Å²) >= 11 is 3.27. The molecule has 25 heavy (non-hydrogen) atoms. The van der Waals surface area contributed by atoms with Crippen molar-refractivity contribution in [3.8, 4) is 10.6 Å². The molecular formula is C19H16N2O2S2. The van der Waals surface area contributed by atoms with Gasteiger partial charge in [-0.05, 0) is 36.1 Å². The van der Waals surface area contributed by atoms with Crippen LogP contribution in [0.4, 0.5) is 0 Å². The number of hydrogen-bond donors (Lipinski definition) is 1. The van der Waals surface area contributed by atoms with E-state index in [0.29, 0.717) is 6.54 Å². The van der Waals surface area contributed by atoms with Gasteiger partial charge in [0, 0.05) is 10.1 Å². The van der Waals surface area contributed by atoms with Crippen molar-refractivity contribution in [1.82, 2.24) is 10.3 Å². The molecule has 3 aromatic heterocycles. The van der Waals surface area contributed by atoms with Crippen LogP contribution in [0.3, 0.4) is 0 Å². The molecule has 1 N–H and O–H groups in total. The Bertz CT molecular complexity index is 1020. The fraction of sp³-hybridized carbons (Fsp3) is 0.158. The highest BCUT2D eigenvalue weighted by Gasteiger charge is 2.14. The van der Waals surface area contributed by atoms with Crippen molar-refractivity contribution >= 4 is 38.7 Å². The monoisotopic (exact) mass is 368 g/mol. The number of aryl methyl sites for hydroxylation is 1. The Labute approximate surface area is 153 Å². The number of benzene rings is 1. The van der Waals surface area contributed by atoms with E-state index < -0.39 is 0 Å². The lowest BCUT2D eigenvalue weighted by molar-refractivity contribution is -0.120. The second-order valence-electron chi connectivity index (χ2n) is 5.71. The van der Waals surface area contributed by atoms with Gasteiger partial charge in [-0.3, -0.25) is 4.79 Å². The largest absolute Gasteiger partial charge is 0.467 e. The van der Waals surface area contributed by atoms with Gasteiger partial charge in [0.1, 0.15) is 10.8 Å². The average molecular weight is 368 g/mol. The van der Waals surface area contributed by atoms with Crippen LogP contribution in [-0.4, -0.2) is 10.9 Å². The number of fused-ring (bicyclic) bond motifs is 1. The number of thiophene rings is 1. The van der Waals surface area contributed by atoms with E-state index in [0.717, 1.165) is 16.5 Å². The van der Waals surface area contributed by atoms with E-state index in [9.17, 15) is 4.79 Å². The van der Waals surface area contributed by atoms with Crippen LogP contribution in [0.5, 0.6) is 0 Å². The second-order valence-corrected chi connectivity index (χ2v) is 7.71. The molecule has 0 fully saturated rings. The van der Waals surface area contributed by atoms with Gasteiger partial charge in [-0.2, -0.15) is 0 Å². The van der Waals surface area contributed by atoms with Gasteiger partial charge >= 0.3 is 0 Å². The lowest BCUT2D eigenvalue weighted by Gasteiger charge is -2.01. The number of amides is 1. The molecule has 0 radical (unpaired) electrons. The van der Waals surface area contributed by atoms with E-state index in [2.05, 4.69) is 41.5 Å². The molecule has 0 aliphatic heterocycles. The van der Waals surface area contributed by atoms with Crippen LogP contribution in [0.25, 0.3) is 20.7 Å². The highest BCUT2D eigenvalue weighted by atomic mass is 32.1. The number of furan rings is 1. The van der Waals surface area contributed by atoms with Crippen LogP contribution >= 0.6 is 22.7 Å². The van der Waals surface area contributed by atoms with Gasteiger partial charge in [-0.15, -0.1) is 22.7 Å². The summed E-state index contributed by atoms with van der Waals surface area (Å²) in [6.07, 6.45) is 1.89. The lowest BCUT2D eigenvalue weighted by Crippen LogP contribution is -2.24. The van der Waals surface area contributed by atoms with Gasteiger partial charge in [0.05, 0.1) is 29.8 Å². The zero-order valence-electron chi connectivity index (χ0n) is 13.6. The van der Waals surface area contributed by atoms with Gasteiger partial charge in [0.15, 0.2) is 0 Å². The Hall–Kier alpha value is -2.44. The first-order chi connectivity index (χ1) is 12.2. The van der Waals surface area contributed by atoms with E-state index in [1.54, 1.807) is 17.6 Å². The first kappa shape index (κ1) is 16.1. The van der Waals surface area contributed by atoms with Gasteiger partial charge in [-0.1, -0.05) is 18.2 Å². The van der Waals surface area contributed by atoms with Crippen LogP contribution in [0, 0.1) is 6.92 Å². The number of thiazole rings is 1. The predicted octanol–water partition coefficient (Wildman–Crippen LogP) is 4.79. The van der Waals surface area contributed by atoms with Crippen molar-refractivity contribution in [2.45, 2.75) is 19.9 Å².